The SMILES string of the molecule is COc1ccc(C(=O)N/N=C/c2ccc(OC(=O)c3ccccc3F)cc2)cc1OC. The summed E-state index contributed by atoms with van der Waals surface area (Å²) in [5, 5.41) is 3.91. The van der Waals surface area contributed by atoms with Crippen LogP contribution in [0.15, 0.2) is 71.8 Å². The summed E-state index contributed by atoms with van der Waals surface area (Å²) in [7, 11) is 2.99. The third-order valence-corrected chi connectivity index (χ3v) is 4.21. The standard InChI is InChI=1S/C23H19FN2O5/c1-29-20-12-9-16(13-21(20)30-2)22(27)26-25-14-15-7-10-17(11-8-15)31-23(28)18-5-3-4-6-19(18)24/h3-14H,1-2H3,(H,26,27)/b25-14+. The van der Waals surface area contributed by atoms with E-state index < -0.39 is 17.7 Å². The number of halogens is 1. The number of nitrogens with zero attached hydrogens (tertiary/aromatic N) is 1. The molecule has 0 fully saturated rings. The molecule has 0 aliphatic carbocycles. The van der Waals surface area contributed by atoms with E-state index in [1.54, 1.807) is 36.4 Å². The van der Waals surface area contributed by atoms with E-state index in [0.29, 0.717) is 22.6 Å². The molecular weight excluding hydrogens is 403 g/mol. The number of carbonyl (C=O) groups is 2. The van der Waals surface area contributed by atoms with E-state index in [1.165, 1.54) is 50.8 Å². The van der Waals surface area contributed by atoms with Gasteiger partial charge < -0.3 is 14.2 Å². The summed E-state index contributed by atoms with van der Waals surface area (Å²) < 4.78 is 29.1. The first-order valence-electron chi connectivity index (χ1n) is 9.14. The van der Waals surface area contributed by atoms with E-state index in [-0.39, 0.29) is 11.3 Å². The van der Waals surface area contributed by atoms with Crippen LogP contribution in [0.1, 0.15) is 26.3 Å². The van der Waals surface area contributed by atoms with Crippen molar-refractivity contribution in [1.29, 1.82) is 0 Å². The number of rotatable bonds is 7. The molecule has 158 valence electrons. The Bertz CT molecular complexity index is 1110. The summed E-state index contributed by atoms with van der Waals surface area (Å²) in [5.41, 5.74) is 3.27. The third kappa shape index (κ3) is 5.45. The molecule has 0 radical (unpaired) electrons. The number of hydrogen-bond acceptors (Lipinski definition) is 6. The molecule has 8 heteroatoms. The van der Waals surface area contributed by atoms with Gasteiger partial charge >= 0.3 is 5.97 Å². The van der Waals surface area contributed by atoms with Gasteiger partial charge in [-0.05, 0) is 60.2 Å². The molecule has 0 unspecified atom stereocenters. The molecule has 0 spiro atoms. The Balaban J connectivity index is 1.59. The minimum atomic E-state index is -0.790. The number of methoxy groups -OCH3 is 2. The summed E-state index contributed by atoms with van der Waals surface area (Å²) in [6, 6.07) is 16.7. The van der Waals surface area contributed by atoms with E-state index in [9.17, 15) is 14.0 Å². The van der Waals surface area contributed by atoms with Crippen LogP contribution < -0.4 is 19.6 Å². The quantitative estimate of drug-likeness (QED) is 0.271. The maximum Gasteiger partial charge on any atom is 0.346 e. The van der Waals surface area contributed by atoms with Crippen molar-refractivity contribution in [3.05, 3.63) is 89.2 Å². The Kier molecular flexibility index (Phi) is 6.95. The summed E-state index contributed by atoms with van der Waals surface area (Å²) in [6.45, 7) is 0. The molecular formula is C23H19FN2O5. The summed E-state index contributed by atoms with van der Waals surface area (Å²) in [6.07, 6.45) is 1.43. The lowest BCUT2D eigenvalue weighted by Crippen LogP contribution is -2.17. The van der Waals surface area contributed by atoms with Crippen molar-refractivity contribution >= 4 is 18.1 Å². The summed E-state index contributed by atoms with van der Waals surface area (Å²) in [4.78, 5) is 24.3. The van der Waals surface area contributed by atoms with Crippen molar-refractivity contribution in [3.63, 3.8) is 0 Å². The van der Waals surface area contributed by atoms with Gasteiger partial charge in [0.1, 0.15) is 11.6 Å². The molecule has 1 amide bonds. The molecule has 0 saturated heterocycles. The number of nitrogens with one attached hydrogen (secondary N) is 1. The maximum absolute atomic E-state index is 13.6. The summed E-state index contributed by atoms with van der Waals surface area (Å²) in [5.74, 6) is -0.673. The molecule has 0 saturated carbocycles. The lowest BCUT2D eigenvalue weighted by atomic mass is 10.2. The van der Waals surface area contributed by atoms with Crippen LogP contribution in [0.5, 0.6) is 17.2 Å². The summed E-state index contributed by atoms with van der Waals surface area (Å²) >= 11 is 0. The zero-order chi connectivity index (χ0) is 22.2. The van der Waals surface area contributed by atoms with Crippen molar-refractivity contribution in [2.75, 3.05) is 14.2 Å². The van der Waals surface area contributed by atoms with E-state index >= 15 is 0 Å². The van der Waals surface area contributed by atoms with Gasteiger partial charge in [-0.25, -0.2) is 14.6 Å². The average molecular weight is 422 g/mol. The van der Waals surface area contributed by atoms with Gasteiger partial charge in [0, 0.05) is 5.56 Å². The Morgan fingerprint density at radius 1 is 0.935 bits per heavy atom. The van der Waals surface area contributed by atoms with Crippen LogP contribution in [-0.4, -0.2) is 32.3 Å². The van der Waals surface area contributed by atoms with E-state index in [1.807, 2.05) is 0 Å². The van der Waals surface area contributed by atoms with E-state index in [0.717, 1.165) is 0 Å². The fourth-order valence-electron chi connectivity index (χ4n) is 2.62. The first kappa shape index (κ1) is 21.5. The molecule has 3 aromatic carbocycles. The molecule has 0 heterocycles. The molecule has 0 aromatic heterocycles. The largest absolute Gasteiger partial charge is 0.493 e. The van der Waals surface area contributed by atoms with Crippen molar-refractivity contribution in [3.8, 4) is 17.2 Å². The Hall–Kier alpha value is -4.20. The molecule has 0 aliphatic heterocycles. The van der Waals surface area contributed by atoms with Gasteiger partial charge in [-0.3, -0.25) is 4.79 Å². The third-order valence-electron chi connectivity index (χ3n) is 4.21. The minimum Gasteiger partial charge on any atom is -0.493 e. The molecule has 0 aliphatic rings. The fourth-order valence-corrected chi connectivity index (χ4v) is 2.62. The number of ether oxygens (including phenoxy) is 3. The second kappa shape index (κ2) is 10.0. The molecule has 0 atom stereocenters. The second-order valence-corrected chi connectivity index (χ2v) is 6.21. The number of hydrogen-bond donors (Lipinski definition) is 1. The van der Waals surface area contributed by atoms with Crippen molar-refractivity contribution < 1.29 is 28.2 Å². The fraction of sp³-hybridized carbons (Fsp3) is 0.0870. The zero-order valence-electron chi connectivity index (χ0n) is 16.8. The second-order valence-electron chi connectivity index (χ2n) is 6.21. The highest BCUT2D eigenvalue weighted by atomic mass is 19.1. The topological polar surface area (TPSA) is 86.2 Å². The van der Waals surface area contributed by atoms with Crippen LogP contribution >= 0.6 is 0 Å². The lowest BCUT2D eigenvalue weighted by molar-refractivity contribution is 0.0729. The smallest absolute Gasteiger partial charge is 0.346 e. The molecule has 7 nitrogen and oxygen atoms in total. The van der Waals surface area contributed by atoms with Crippen molar-refractivity contribution in [1.82, 2.24) is 5.43 Å². The molecule has 31 heavy (non-hydrogen) atoms. The normalized spacial score (nSPS) is 10.5. The number of hydrazone groups is 1. The van der Waals surface area contributed by atoms with Crippen LogP contribution in [-0.2, 0) is 0 Å². The van der Waals surface area contributed by atoms with Crippen molar-refractivity contribution in [2.45, 2.75) is 0 Å². The number of carbonyl (C=O) groups excluding carboxylic acids is 2. The maximum atomic E-state index is 13.6. The number of amides is 1. The highest BCUT2D eigenvalue weighted by molar-refractivity contribution is 5.95. The minimum absolute atomic E-state index is 0.147. The zero-order valence-corrected chi connectivity index (χ0v) is 16.8. The van der Waals surface area contributed by atoms with Crippen LogP contribution in [0.25, 0.3) is 0 Å². The Labute approximate surface area is 178 Å². The number of esters is 1. The van der Waals surface area contributed by atoms with Gasteiger partial charge in [-0.2, -0.15) is 5.10 Å². The number of benzene rings is 3. The van der Waals surface area contributed by atoms with Crippen LogP contribution in [0.3, 0.4) is 0 Å². The van der Waals surface area contributed by atoms with E-state index in [4.69, 9.17) is 14.2 Å². The highest BCUT2D eigenvalue weighted by Gasteiger charge is 2.13. The first-order valence-corrected chi connectivity index (χ1v) is 9.14. The van der Waals surface area contributed by atoms with Gasteiger partial charge in [0.15, 0.2) is 11.5 Å². The van der Waals surface area contributed by atoms with Crippen LogP contribution in [0.2, 0.25) is 0 Å². The van der Waals surface area contributed by atoms with Gasteiger partial charge in [0.05, 0.1) is 26.0 Å². The van der Waals surface area contributed by atoms with Gasteiger partial charge in [0.25, 0.3) is 5.91 Å². The molecule has 1 N–H and O–H groups in total. The Morgan fingerprint density at radius 3 is 2.32 bits per heavy atom. The molecule has 0 bridgehead atoms. The monoisotopic (exact) mass is 422 g/mol. The van der Waals surface area contributed by atoms with Gasteiger partial charge in [-0.15, -0.1) is 0 Å². The van der Waals surface area contributed by atoms with Crippen molar-refractivity contribution in [2.24, 2.45) is 5.10 Å². The predicted molar refractivity (Wildman–Crippen MR) is 112 cm³/mol. The molecule has 3 rings (SSSR count). The molecule has 3 aromatic rings. The highest BCUT2D eigenvalue weighted by Crippen LogP contribution is 2.27. The first-order chi connectivity index (χ1) is 15.0. The van der Waals surface area contributed by atoms with Crippen LogP contribution in [0.4, 0.5) is 4.39 Å². The predicted octanol–water partition coefficient (Wildman–Crippen LogP) is 3.83. The van der Waals surface area contributed by atoms with E-state index in [2.05, 4.69) is 10.5 Å². The average Bonchev–Trinajstić information content (AvgIpc) is 2.79. The van der Waals surface area contributed by atoms with Gasteiger partial charge in [-0.1, -0.05) is 12.1 Å². The Morgan fingerprint density at radius 2 is 1.65 bits per heavy atom. The lowest BCUT2D eigenvalue weighted by Gasteiger charge is -2.08. The van der Waals surface area contributed by atoms with Crippen LogP contribution in [0, 0.1) is 5.82 Å². The van der Waals surface area contributed by atoms with Gasteiger partial charge in [0.2, 0.25) is 0 Å².